The number of amides is 2. The predicted octanol–water partition coefficient (Wildman–Crippen LogP) is 3.65. The summed E-state index contributed by atoms with van der Waals surface area (Å²) in [5.74, 6) is -0.508. The molecule has 0 saturated carbocycles. The average Bonchev–Trinajstić information content (AvgIpc) is 2.53. The first-order valence-electron chi connectivity index (χ1n) is 8.27. The molecule has 0 unspecified atom stereocenters. The molecule has 0 aliphatic rings. The van der Waals surface area contributed by atoms with Crippen LogP contribution in [0.25, 0.3) is 0 Å². The van der Waals surface area contributed by atoms with Gasteiger partial charge in [0.1, 0.15) is 0 Å². The molecular weight excluding hydrogens is 346 g/mol. The third-order valence-corrected chi connectivity index (χ3v) is 3.73. The second-order valence-corrected chi connectivity index (χ2v) is 7.38. The molecule has 2 rings (SSSR count). The minimum Gasteiger partial charge on any atom is -0.347 e. The predicted molar refractivity (Wildman–Crippen MR) is 109 cm³/mol. The summed E-state index contributed by atoms with van der Waals surface area (Å²) in [6, 6.07) is 14.3. The summed E-state index contributed by atoms with van der Waals surface area (Å²) < 4.78 is 0. The fourth-order valence-corrected chi connectivity index (χ4v) is 2.55. The van der Waals surface area contributed by atoms with Gasteiger partial charge in [0.15, 0.2) is 5.11 Å². The van der Waals surface area contributed by atoms with Gasteiger partial charge in [-0.05, 0) is 63.7 Å². The SMILES string of the molecule is Cc1ccccc1C(=O)NC(=S)Nc1ccccc1C(=O)NC(C)(C)C. The van der Waals surface area contributed by atoms with E-state index < -0.39 is 0 Å². The van der Waals surface area contributed by atoms with Crippen LogP contribution in [-0.2, 0) is 0 Å². The molecular formula is C20H23N3O2S. The van der Waals surface area contributed by atoms with Crippen LogP contribution in [0.2, 0.25) is 0 Å². The Morgan fingerprint density at radius 2 is 1.46 bits per heavy atom. The molecule has 6 heteroatoms. The van der Waals surface area contributed by atoms with Gasteiger partial charge in [0.2, 0.25) is 0 Å². The lowest BCUT2D eigenvalue weighted by Gasteiger charge is -2.22. The van der Waals surface area contributed by atoms with Crippen molar-refractivity contribution in [3.8, 4) is 0 Å². The number of anilines is 1. The van der Waals surface area contributed by atoms with Crippen LogP contribution < -0.4 is 16.0 Å². The summed E-state index contributed by atoms with van der Waals surface area (Å²) in [6.45, 7) is 7.59. The number of thiocarbonyl (C=S) groups is 1. The molecule has 0 fully saturated rings. The molecule has 0 spiro atoms. The largest absolute Gasteiger partial charge is 0.347 e. The van der Waals surface area contributed by atoms with Gasteiger partial charge in [-0.15, -0.1) is 0 Å². The molecule has 0 aromatic heterocycles. The zero-order chi connectivity index (χ0) is 19.3. The highest BCUT2D eigenvalue weighted by atomic mass is 32.1. The van der Waals surface area contributed by atoms with E-state index in [-0.39, 0.29) is 22.5 Å². The number of aryl methyl sites for hydroxylation is 1. The van der Waals surface area contributed by atoms with Crippen molar-refractivity contribution in [2.75, 3.05) is 5.32 Å². The third kappa shape index (κ3) is 5.39. The van der Waals surface area contributed by atoms with Crippen LogP contribution in [-0.4, -0.2) is 22.5 Å². The van der Waals surface area contributed by atoms with Crippen molar-refractivity contribution in [3.05, 3.63) is 65.2 Å². The van der Waals surface area contributed by atoms with E-state index in [0.29, 0.717) is 16.8 Å². The van der Waals surface area contributed by atoms with Crippen molar-refractivity contribution >= 4 is 34.8 Å². The summed E-state index contributed by atoms with van der Waals surface area (Å²) >= 11 is 5.24. The van der Waals surface area contributed by atoms with Gasteiger partial charge in [0, 0.05) is 11.1 Å². The normalized spacial score (nSPS) is 10.8. The Morgan fingerprint density at radius 3 is 2.08 bits per heavy atom. The van der Waals surface area contributed by atoms with Crippen molar-refractivity contribution in [1.29, 1.82) is 0 Å². The number of rotatable bonds is 3. The highest BCUT2D eigenvalue weighted by molar-refractivity contribution is 7.80. The van der Waals surface area contributed by atoms with Crippen LogP contribution >= 0.6 is 12.2 Å². The lowest BCUT2D eigenvalue weighted by Crippen LogP contribution is -2.41. The van der Waals surface area contributed by atoms with Crippen LogP contribution in [0.1, 0.15) is 47.1 Å². The smallest absolute Gasteiger partial charge is 0.257 e. The zero-order valence-corrected chi connectivity index (χ0v) is 16.2. The van der Waals surface area contributed by atoms with Crippen LogP contribution in [0.15, 0.2) is 48.5 Å². The number of para-hydroxylation sites is 1. The minimum atomic E-state index is -0.357. The second kappa shape index (κ2) is 8.10. The Balaban J connectivity index is 2.11. The molecule has 0 aliphatic carbocycles. The van der Waals surface area contributed by atoms with Gasteiger partial charge in [0.05, 0.1) is 11.3 Å². The Labute approximate surface area is 159 Å². The standard InChI is InChI=1S/C20H23N3O2S/c1-13-9-5-6-10-14(13)17(24)22-19(26)21-16-12-8-7-11-15(16)18(25)23-20(2,3)4/h5-12H,1-4H3,(H,23,25)(H2,21,22,24,26). The van der Waals surface area contributed by atoms with Crippen molar-refractivity contribution < 1.29 is 9.59 Å². The summed E-state index contributed by atoms with van der Waals surface area (Å²) in [4.78, 5) is 24.8. The maximum Gasteiger partial charge on any atom is 0.257 e. The first-order chi connectivity index (χ1) is 12.2. The average molecular weight is 369 g/mol. The van der Waals surface area contributed by atoms with E-state index in [0.717, 1.165) is 5.56 Å². The number of carbonyl (C=O) groups is 2. The first-order valence-corrected chi connectivity index (χ1v) is 8.68. The zero-order valence-electron chi connectivity index (χ0n) is 15.3. The highest BCUT2D eigenvalue weighted by Crippen LogP contribution is 2.16. The van der Waals surface area contributed by atoms with Gasteiger partial charge in [-0.3, -0.25) is 14.9 Å². The van der Waals surface area contributed by atoms with Gasteiger partial charge in [-0.25, -0.2) is 0 Å². The van der Waals surface area contributed by atoms with E-state index in [9.17, 15) is 9.59 Å². The maximum absolute atomic E-state index is 12.5. The lowest BCUT2D eigenvalue weighted by molar-refractivity contribution is 0.0919. The molecule has 136 valence electrons. The van der Waals surface area contributed by atoms with Gasteiger partial charge < -0.3 is 10.6 Å². The minimum absolute atomic E-state index is 0.134. The Kier molecular flexibility index (Phi) is 6.10. The first kappa shape index (κ1) is 19.6. The molecule has 0 saturated heterocycles. The maximum atomic E-state index is 12.5. The molecule has 0 radical (unpaired) electrons. The van der Waals surface area contributed by atoms with Crippen LogP contribution in [0.3, 0.4) is 0 Å². The molecule has 5 nitrogen and oxygen atoms in total. The fourth-order valence-electron chi connectivity index (χ4n) is 2.35. The monoisotopic (exact) mass is 369 g/mol. The molecule has 0 aliphatic heterocycles. The van der Waals surface area contributed by atoms with Crippen LogP contribution in [0.4, 0.5) is 5.69 Å². The van der Waals surface area contributed by atoms with Crippen LogP contribution in [0.5, 0.6) is 0 Å². The van der Waals surface area contributed by atoms with Gasteiger partial charge in [0.25, 0.3) is 11.8 Å². The van der Waals surface area contributed by atoms with E-state index in [1.54, 1.807) is 36.4 Å². The molecule has 2 aromatic rings. The van der Waals surface area contributed by atoms with Gasteiger partial charge in [-0.1, -0.05) is 30.3 Å². The summed E-state index contributed by atoms with van der Waals surface area (Å²) in [5, 5.41) is 8.63. The number of hydrogen-bond donors (Lipinski definition) is 3. The van der Waals surface area contributed by atoms with Crippen molar-refractivity contribution in [3.63, 3.8) is 0 Å². The summed E-state index contributed by atoms with van der Waals surface area (Å²) in [7, 11) is 0. The number of nitrogens with one attached hydrogen (secondary N) is 3. The quantitative estimate of drug-likeness (QED) is 0.722. The van der Waals surface area contributed by atoms with Gasteiger partial charge in [-0.2, -0.15) is 0 Å². The highest BCUT2D eigenvalue weighted by Gasteiger charge is 2.18. The van der Waals surface area contributed by atoms with E-state index in [2.05, 4.69) is 16.0 Å². The lowest BCUT2D eigenvalue weighted by atomic mass is 10.1. The molecule has 26 heavy (non-hydrogen) atoms. The van der Waals surface area contributed by atoms with E-state index >= 15 is 0 Å². The molecule has 0 heterocycles. The second-order valence-electron chi connectivity index (χ2n) is 6.97. The van der Waals surface area contributed by atoms with Crippen LogP contribution in [0, 0.1) is 6.92 Å². The molecule has 0 atom stereocenters. The summed E-state index contributed by atoms with van der Waals surface area (Å²) in [5.41, 5.74) is 2.04. The fraction of sp³-hybridized carbons (Fsp3) is 0.250. The number of carbonyl (C=O) groups excluding carboxylic acids is 2. The van der Waals surface area contributed by atoms with Crippen molar-refractivity contribution in [1.82, 2.24) is 10.6 Å². The molecule has 2 amide bonds. The third-order valence-electron chi connectivity index (χ3n) is 3.53. The number of benzene rings is 2. The number of hydrogen-bond acceptors (Lipinski definition) is 3. The topological polar surface area (TPSA) is 70.2 Å². The Bertz CT molecular complexity index is 841. The van der Waals surface area contributed by atoms with E-state index in [1.807, 2.05) is 39.8 Å². The Hall–Kier alpha value is -2.73. The van der Waals surface area contributed by atoms with E-state index in [4.69, 9.17) is 12.2 Å². The Morgan fingerprint density at radius 1 is 0.885 bits per heavy atom. The van der Waals surface area contributed by atoms with Gasteiger partial charge >= 0.3 is 0 Å². The van der Waals surface area contributed by atoms with Crippen molar-refractivity contribution in [2.24, 2.45) is 0 Å². The molecule has 0 bridgehead atoms. The summed E-state index contributed by atoms with van der Waals surface area (Å²) in [6.07, 6.45) is 0. The molecule has 3 N–H and O–H groups in total. The molecule has 2 aromatic carbocycles. The van der Waals surface area contributed by atoms with E-state index in [1.165, 1.54) is 0 Å². The van der Waals surface area contributed by atoms with Crippen molar-refractivity contribution in [2.45, 2.75) is 33.2 Å².